The summed E-state index contributed by atoms with van der Waals surface area (Å²) in [6.07, 6.45) is 0. The molecule has 1 N–H and O–H groups in total. The van der Waals surface area contributed by atoms with Gasteiger partial charge < -0.3 is 5.32 Å². The second-order valence-electron chi connectivity index (χ2n) is 4.00. The third kappa shape index (κ3) is 3.79. The summed E-state index contributed by atoms with van der Waals surface area (Å²) in [6, 6.07) is 16.7. The van der Waals surface area contributed by atoms with Crippen LogP contribution in [0.15, 0.2) is 57.9 Å². The first-order valence-electron chi connectivity index (χ1n) is 5.94. The van der Waals surface area contributed by atoms with Crippen molar-refractivity contribution in [3.8, 4) is 0 Å². The van der Waals surface area contributed by atoms with E-state index in [0.717, 1.165) is 16.8 Å². The number of hydrogen-bond donors (Lipinski definition) is 1. The Morgan fingerprint density at radius 2 is 1.83 bits per heavy atom. The fourth-order valence-electron chi connectivity index (χ4n) is 1.67. The maximum Gasteiger partial charge on any atom is 0.0381 e. The zero-order valence-corrected chi connectivity index (χ0v) is 12.7. The third-order valence-corrected chi connectivity index (χ3v) is 4.57. The van der Waals surface area contributed by atoms with E-state index in [9.17, 15) is 0 Å². The lowest BCUT2D eigenvalue weighted by Crippen LogP contribution is -2.05. The Balaban J connectivity index is 1.81. The molecule has 0 radical (unpaired) electrons. The van der Waals surface area contributed by atoms with Gasteiger partial charge in [0.1, 0.15) is 0 Å². The lowest BCUT2D eigenvalue weighted by molar-refractivity contribution is 1.20. The minimum absolute atomic E-state index is 0.969. The van der Waals surface area contributed by atoms with Crippen molar-refractivity contribution in [2.75, 3.05) is 17.6 Å². The van der Waals surface area contributed by atoms with Crippen molar-refractivity contribution in [1.29, 1.82) is 0 Å². The molecule has 0 saturated heterocycles. The summed E-state index contributed by atoms with van der Waals surface area (Å²) in [5.41, 5.74) is 2.47. The van der Waals surface area contributed by atoms with Crippen LogP contribution in [-0.4, -0.2) is 12.3 Å². The van der Waals surface area contributed by atoms with Crippen LogP contribution in [0, 0.1) is 6.92 Å². The van der Waals surface area contributed by atoms with Crippen molar-refractivity contribution in [3.63, 3.8) is 0 Å². The van der Waals surface area contributed by atoms with Crippen LogP contribution in [0.1, 0.15) is 5.56 Å². The highest BCUT2D eigenvalue weighted by molar-refractivity contribution is 9.10. The molecule has 2 aromatic carbocycles. The van der Waals surface area contributed by atoms with Gasteiger partial charge in [-0.15, -0.1) is 11.8 Å². The van der Waals surface area contributed by atoms with Gasteiger partial charge >= 0.3 is 0 Å². The molecule has 0 aromatic heterocycles. The van der Waals surface area contributed by atoms with E-state index in [1.807, 2.05) is 17.8 Å². The van der Waals surface area contributed by atoms with E-state index < -0.39 is 0 Å². The Hall–Kier alpha value is -0.930. The zero-order chi connectivity index (χ0) is 12.8. The monoisotopic (exact) mass is 321 g/mol. The molecule has 0 saturated carbocycles. The van der Waals surface area contributed by atoms with E-state index in [1.165, 1.54) is 16.1 Å². The van der Waals surface area contributed by atoms with E-state index in [0.29, 0.717) is 0 Å². The second kappa shape index (κ2) is 6.86. The average Bonchev–Trinajstić information content (AvgIpc) is 2.40. The van der Waals surface area contributed by atoms with Crippen LogP contribution in [0.5, 0.6) is 0 Å². The summed E-state index contributed by atoms with van der Waals surface area (Å²) in [5, 5.41) is 3.47. The lowest BCUT2D eigenvalue weighted by atomic mass is 10.2. The third-order valence-electron chi connectivity index (χ3n) is 2.70. The number of benzene rings is 2. The zero-order valence-electron chi connectivity index (χ0n) is 10.3. The molecule has 0 unspecified atom stereocenters. The van der Waals surface area contributed by atoms with E-state index in [4.69, 9.17) is 0 Å². The summed E-state index contributed by atoms with van der Waals surface area (Å²) in [4.78, 5) is 1.32. The predicted molar refractivity (Wildman–Crippen MR) is 84.5 cm³/mol. The summed E-state index contributed by atoms with van der Waals surface area (Å²) in [5.74, 6) is 1.07. The van der Waals surface area contributed by atoms with Gasteiger partial charge in [-0.2, -0.15) is 0 Å². The number of thioether (sulfide) groups is 1. The molecule has 0 aliphatic heterocycles. The quantitative estimate of drug-likeness (QED) is 0.617. The number of rotatable bonds is 5. The van der Waals surface area contributed by atoms with Gasteiger partial charge in [-0.3, -0.25) is 0 Å². The summed E-state index contributed by atoms with van der Waals surface area (Å²) in [6.45, 7) is 3.09. The lowest BCUT2D eigenvalue weighted by Gasteiger charge is -2.10. The van der Waals surface area contributed by atoms with Gasteiger partial charge in [0.25, 0.3) is 0 Å². The highest BCUT2D eigenvalue weighted by Crippen LogP contribution is 2.23. The van der Waals surface area contributed by atoms with Crippen molar-refractivity contribution < 1.29 is 0 Å². The maximum absolute atomic E-state index is 3.55. The Morgan fingerprint density at radius 3 is 2.61 bits per heavy atom. The fraction of sp³-hybridized carbons (Fsp3) is 0.200. The van der Waals surface area contributed by atoms with E-state index in [1.54, 1.807) is 0 Å². The Labute approximate surface area is 121 Å². The number of halogens is 1. The molecule has 0 atom stereocenters. The molecule has 94 valence electrons. The van der Waals surface area contributed by atoms with Crippen molar-refractivity contribution in [3.05, 3.63) is 58.6 Å². The van der Waals surface area contributed by atoms with Crippen molar-refractivity contribution in [1.82, 2.24) is 0 Å². The molecule has 0 fully saturated rings. The standard InChI is InChI=1S/C15H16BrNS/c1-12-14(16)8-5-9-15(12)17-10-11-18-13-6-3-2-4-7-13/h2-9,17H,10-11H2,1H3. The molecule has 18 heavy (non-hydrogen) atoms. The van der Waals surface area contributed by atoms with Gasteiger partial charge in [0.15, 0.2) is 0 Å². The van der Waals surface area contributed by atoms with E-state index >= 15 is 0 Å². The van der Waals surface area contributed by atoms with Crippen LogP contribution in [0.2, 0.25) is 0 Å². The van der Waals surface area contributed by atoms with Crippen LogP contribution in [0.25, 0.3) is 0 Å². The Bertz CT molecular complexity index is 499. The molecule has 0 heterocycles. The molecule has 2 aromatic rings. The van der Waals surface area contributed by atoms with Gasteiger partial charge in [0.2, 0.25) is 0 Å². The average molecular weight is 322 g/mol. The van der Waals surface area contributed by atoms with Crippen molar-refractivity contribution >= 4 is 33.4 Å². The number of hydrogen-bond acceptors (Lipinski definition) is 2. The second-order valence-corrected chi connectivity index (χ2v) is 6.02. The summed E-state index contributed by atoms with van der Waals surface area (Å²) >= 11 is 5.42. The van der Waals surface area contributed by atoms with Crippen molar-refractivity contribution in [2.24, 2.45) is 0 Å². The minimum Gasteiger partial charge on any atom is -0.384 e. The first-order chi connectivity index (χ1) is 8.77. The number of anilines is 1. The molecule has 0 aliphatic carbocycles. The van der Waals surface area contributed by atoms with Crippen LogP contribution >= 0.6 is 27.7 Å². The Morgan fingerprint density at radius 1 is 1.06 bits per heavy atom. The highest BCUT2D eigenvalue weighted by Gasteiger charge is 2.00. The van der Waals surface area contributed by atoms with Gasteiger partial charge in [-0.25, -0.2) is 0 Å². The molecule has 0 bridgehead atoms. The molecule has 1 nitrogen and oxygen atoms in total. The van der Waals surface area contributed by atoms with Crippen LogP contribution in [0.4, 0.5) is 5.69 Å². The maximum atomic E-state index is 3.55. The SMILES string of the molecule is Cc1c(Br)cccc1NCCSc1ccccc1. The molecular weight excluding hydrogens is 306 g/mol. The largest absolute Gasteiger partial charge is 0.384 e. The molecule has 3 heteroatoms. The van der Waals surface area contributed by atoms with Crippen LogP contribution in [0.3, 0.4) is 0 Å². The first kappa shape index (κ1) is 13.5. The predicted octanol–water partition coefficient (Wildman–Crippen LogP) is 4.96. The molecule has 2 rings (SSSR count). The summed E-state index contributed by atoms with van der Waals surface area (Å²) in [7, 11) is 0. The van der Waals surface area contributed by atoms with E-state index in [2.05, 4.69) is 70.6 Å². The summed E-state index contributed by atoms with van der Waals surface area (Å²) < 4.78 is 1.16. The number of nitrogens with one attached hydrogen (secondary N) is 1. The molecular formula is C15H16BrNS. The smallest absolute Gasteiger partial charge is 0.0381 e. The molecule has 0 spiro atoms. The van der Waals surface area contributed by atoms with Crippen LogP contribution < -0.4 is 5.32 Å². The fourth-order valence-corrected chi connectivity index (χ4v) is 2.83. The topological polar surface area (TPSA) is 12.0 Å². The van der Waals surface area contributed by atoms with Gasteiger partial charge in [0.05, 0.1) is 0 Å². The van der Waals surface area contributed by atoms with Crippen LogP contribution in [-0.2, 0) is 0 Å². The van der Waals surface area contributed by atoms with E-state index in [-0.39, 0.29) is 0 Å². The van der Waals surface area contributed by atoms with Crippen molar-refractivity contribution in [2.45, 2.75) is 11.8 Å². The highest BCUT2D eigenvalue weighted by atomic mass is 79.9. The first-order valence-corrected chi connectivity index (χ1v) is 7.72. The van der Waals surface area contributed by atoms with Gasteiger partial charge in [0, 0.05) is 27.4 Å². The molecule has 0 amide bonds. The Kier molecular flexibility index (Phi) is 5.14. The molecule has 0 aliphatic rings. The van der Waals surface area contributed by atoms with Gasteiger partial charge in [-0.05, 0) is 36.8 Å². The van der Waals surface area contributed by atoms with Gasteiger partial charge in [-0.1, -0.05) is 40.2 Å². The normalized spacial score (nSPS) is 10.3. The minimum atomic E-state index is 0.969.